The van der Waals surface area contributed by atoms with Crippen LogP contribution in [0.2, 0.25) is 0 Å². The molecule has 0 aromatic heterocycles. The molecule has 6 nitrogen and oxygen atoms in total. The number of benzene rings is 1. The number of amides is 1. The highest BCUT2D eigenvalue weighted by molar-refractivity contribution is 7.98. The molecule has 0 saturated carbocycles. The summed E-state index contributed by atoms with van der Waals surface area (Å²) in [7, 11) is 0. The second-order valence-corrected chi connectivity index (χ2v) is 4.78. The van der Waals surface area contributed by atoms with Gasteiger partial charge in [-0.2, -0.15) is 0 Å². The van der Waals surface area contributed by atoms with Crippen LogP contribution in [0.5, 0.6) is 0 Å². The van der Waals surface area contributed by atoms with Gasteiger partial charge in [0, 0.05) is 24.1 Å². The molecule has 0 bridgehead atoms. The van der Waals surface area contributed by atoms with Crippen molar-refractivity contribution < 1.29 is 14.8 Å². The van der Waals surface area contributed by atoms with Crippen LogP contribution in [0, 0.1) is 10.1 Å². The van der Waals surface area contributed by atoms with Gasteiger partial charge in [0.05, 0.1) is 11.5 Å². The number of nitrogens with zero attached hydrogens (tertiary/aromatic N) is 2. The molecule has 1 rings (SSSR count). The average molecular weight is 296 g/mol. The zero-order chi connectivity index (χ0) is 15.1. The SMILES string of the molecule is C=CCN(CCO)C(=O)c1cc(SC)ccc1[N+](=O)[O-]. The Morgan fingerprint density at radius 1 is 1.60 bits per heavy atom. The molecule has 0 saturated heterocycles. The lowest BCUT2D eigenvalue weighted by atomic mass is 10.1. The van der Waals surface area contributed by atoms with E-state index in [4.69, 9.17) is 5.11 Å². The van der Waals surface area contributed by atoms with E-state index >= 15 is 0 Å². The molecule has 0 unspecified atom stereocenters. The molecule has 0 fully saturated rings. The topological polar surface area (TPSA) is 83.7 Å². The second-order valence-electron chi connectivity index (χ2n) is 3.90. The zero-order valence-electron chi connectivity index (χ0n) is 11.1. The minimum Gasteiger partial charge on any atom is -0.395 e. The zero-order valence-corrected chi connectivity index (χ0v) is 11.9. The van der Waals surface area contributed by atoms with Crippen LogP contribution >= 0.6 is 11.8 Å². The van der Waals surface area contributed by atoms with Crippen molar-refractivity contribution in [3.63, 3.8) is 0 Å². The van der Waals surface area contributed by atoms with Crippen LogP contribution in [0.15, 0.2) is 35.7 Å². The summed E-state index contributed by atoms with van der Waals surface area (Å²) in [6.45, 7) is 3.65. The molecule has 0 aliphatic heterocycles. The molecule has 0 spiro atoms. The molecule has 108 valence electrons. The van der Waals surface area contributed by atoms with E-state index in [9.17, 15) is 14.9 Å². The van der Waals surface area contributed by atoms with Crippen LogP contribution in [-0.4, -0.2) is 46.8 Å². The van der Waals surface area contributed by atoms with Crippen LogP contribution < -0.4 is 0 Å². The minimum atomic E-state index is -0.581. The Balaban J connectivity index is 3.22. The number of carbonyl (C=O) groups is 1. The fourth-order valence-corrected chi connectivity index (χ4v) is 2.14. The molecule has 0 aliphatic rings. The van der Waals surface area contributed by atoms with E-state index in [1.54, 1.807) is 6.07 Å². The average Bonchev–Trinajstić information content (AvgIpc) is 2.45. The summed E-state index contributed by atoms with van der Waals surface area (Å²) >= 11 is 1.40. The number of hydrogen-bond donors (Lipinski definition) is 1. The molecule has 1 amide bonds. The maximum Gasteiger partial charge on any atom is 0.282 e. The van der Waals surface area contributed by atoms with E-state index in [1.807, 2.05) is 6.26 Å². The van der Waals surface area contributed by atoms with Gasteiger partial charge in [-0.1, -0.05) is 6.08 Å². The van der Waals surface area contributed by atoms with Crippen molar-refractivity contribution in [2.75, 3.05) is 26.0 Å². The first-order valence-electron chi connectivity index (χ1n) is 5.88. The third kappa shape index (κ3) is 3.82. The van der Waals surface area contributed by atoms with Gasteiger partial charge in [-0.25, -0.2) is 0 Å². The Bertz CT molecular complexity index is 519. The van der Waals surface area contributed by atoms with Crippen molar-refractivity contribution in [2.45, 2.75) is 4.90 Å². The van der Waals surface area contributed by atoms with Crippen LogP contribution in [-0.2, 0) is 0 Å². The van der Waals surface area contributed by atoms with Gasteiger partial charge >= 0.3 is 0 Å². The Morgan fingerprint density at radius 3 is 2.80 bits per heavy atom. The number of nitro groups is 1. The van der Waals surface area contributed by atoms with Gasteiger partial charge in [0.25, 0.3) is 11.6 Å². The van der Waals surface area contributed by atoms with Crippen LogP contribution in [0.4, 0.5) is 5.69 Å². The molecule has 0 heterocycles. The maximum atomic E-state index is 12.4. The lowest BCUT2D eigenvalue weighted by molar-refractivity contribution is -0.385. The van der Waals surface area contributed by atoms with Crippen LogP contribution in [0.1, 0.15) is 10.4 Å². The van der Waals surface area contributed by atoms with Crippen molar-refractivity contribution in [1.82, 2.24) is 4.90 Å². The van der Waals surface area contributed by atoms with E-state index in [1.165, 1.54) is 34.9 Å². The van der Waals surface area contributed by atoms with Gasteiger partial charge in [0.2, 0.25) is 0 Å². The van der Waals surface area contributed by atoms with Gasteiger partial charge in [-0.15, -0.1) is 18.3 Å². The molecule has 20 heavy (non-hydrogen) atoms. The Hall–Kier alpha value is -1.86. The Kier molecular flexibility index (Phi) is 6.20. The molecule has 0 aliphatic carbocycles. The Morgan fingerprint density at radius 2 is 2.30 bits per heavy atom. The standard InChI is InChI=1S/C13H16N2O4S/c1-3-6-14(7-8-16)13(17)11-9-10(20-2)4-5-12(11)15(18)19/h3-5,9,16H,1,6-8H2,2H3. The number of thioether (sulfide) groups is 1. The molecular formula is C13H16N2O4S. The van der Waals surface area contributed by atoms with E-state index < -0.39 is 10.8 Å². The third-order valence-electron chi connectivity index (χ3n) is 2.64. The van der Waals surface area contributed by atoms with E-state index in [2.05, 4.69) is 6.58 Å². The summed E-state index contributed by atoms with van der Waals surface area (Å²) in [6.07, 6.45) is 3.34. The highest BCUT2D eigenvalue weighted by Crippen LogP contribution is 2.26. The number of hydrogen-bond acceptors (Lipinski definition) is 5. The molecule has 1 N–H and O–H groups in total. The number of nitro benzene ring substituents is 1. The minimum absolute atomic E-state index is 0.0251. The van der Waals surface area contributed by atoms with Crippen LogP contribution in [0.25, 0.3) is 0 Å². The Labute approximate surface area is 121 Å². The highest BCUT2D eigenvalue weighted by Gasteiger charge is 2.24. The van der Waals surface area contributed by atoms with Crippen molar-refractivity contribution in [3.8, 4) is 0 Å². The number of aliphatic hydroxyl groups excluding tert-OH is 1. The molecular weight excluding hydrogens is 280 g/mol. The predicted octanol–water partition coefficient (Wildman–Crippen LogP) is 1.94. The van der Waals surface area contributed by atoms with Crippen molar-refractivity contribution >= 4 is 23.4 Å². The van der Waals surface area contributed by atoms with Crippen molar-refractivity contribution in [2.24, 2.45) is 0 Å². The number of carbonyl (C=O) groups excluding carboxylic acids is 1. The monoisotopic (exact) mass is 296 g/mol. The quantitative estimate of drug-likeness (QED) is 0.360. The van der Waals surface area contributed by atoms with E-state index in [0.717, 1.165) is 4.90 Å². The lowest BCUT2D eigenvalue weighted by Gasteiger charge is -2.20. The second kappa shape index (κ2) is 7.66. The molecule has 1 aromatic rings. The fraction of sp³-hybridized carbons (Fsp3) is 0.308. The molecule has 0 atom stereocenters. The van der Waals surface area contributed by atoms with E-state index in [-0.39, 0.29) is 30.9 Å². The largest absolute Gasteiger partial charge is 0.395 e. The number of rotatable bonds is 7. The van der Waals surface area contributed by atoms with Gasteiger partial charge in [0.15, 0.2) is 0 Å². The van der Waals surface area contributed by atoms with Crippen molar-refractivity contribution in [1.29, 1.82) is 0 Å². The fourth-order valence-electron chi connectivity index (χ4n) is 1.70. The predicted molar refractivity (Wildman–Crippen MR) is 78.1 cm³/mol. The summed E-state index contributed by atoms with van der Waals surface area (Å²) in [4.78, 5) is 24.9. The van der Waals surface area contributed by atoms with Crippen LogP contribution in [0.3, 0.4) is 0 Å². The summed E-state index contributed by atoms with van der Waals surface area (Å²) in [6, 6.07) is 4.42. The van der Waals surface area contributed by atoms with Gasteiger partial charge in [-0.05, 0) is 18.4 Å². The van der Waals surface area contributed by atoms with Crippen molar-refractivity contribution in [3.05, 3.63) is 46.5 Å². The molecule has 0 radical (unpaired) electrons. The lowest BCUT2D eigenvalue weighted by Crippen LogP contribution is -2.34. The summed E-state index contributed by atoms with van der Waals surface area (Å²) in [5, 5.41) is 20.0. The number of aliphatic hydroxyl groups is 1. The molecule has 1 aromatic carbocycles. The summed E-state index contributed by atoms with van der Waals surface area (Å²) < 4.78 is 0. The summed E-state index contributed by atoms with van der Waals surface area (Å²) in [5.41, 5.74) is -0.211. The third-order valence-corrected chi connectivity index (χ3v) is 3.36. The first-order valence-corrected chi connectivity index (χ1v) is 7.11. The summed E-state index contributed by atoms with van der Waals surface area (Å²) in [5.74, 6) is -0.485. The smallest absolute Gasteiger partial charge is 0.282 e. The first kappa shape index (κ1) is 16.2. The van der Waals surface area contributed by atoms with E-state index in [0.29, 0.717) is 0 Å². The first-order chi connectivity index (χ1) is 9.54. The normalized spacial score (nSPS) is 10.1. The van der Waals surface area contributed by atoms with Gasteiger partial charge in [-0.3, -0.25) is 14.9 Å². The highest BCUT2D eigenvalue weighted by atomic mass is 32.2. The maximum absolute atomic E-state index is 12.4. The van der Waals surface area contributed by atoms with Gasteiger partial charge < -0.3 is 10.0 Å². The molecule has 7 heteroatoms. The van der Waals surface area contributed by atoms with Gasteiger partial charge in [0.1, 0.15) is 5.56 Å².